The van der Waals surface area contributed by atoms with Crippen LogP contribution in [0.15, 0.2) is 36.5 Å². The molecule has 0 saturated carbocycles. The number of carboxylic acids is 1. The van der Waals surface area contributed by atoms with Gasteiger partial charge in [0.05, 0.1) is 5.92 Å². The normalized spacial score (nSPS) is 15.2. The summed E-state index contributed by atoms with van der Waals surface area (Å²) in [5.74, 6) is -1.19. The Balaban J connectivity index is 1.57. The summed E-state index contributed by atoms with van der Waals surface area (Å²) in [5.41, 5.74) is 5.66. The molecule has 1 aliphatic heterocycles. The number of fused-ring (bicyclic) bond motifs is 1. The van der Waals surface area contributed by atoms with Crippen LogP contribution in [0, 0.1) is 11.8 Å². The highest BCUT2D eigenvalue weighted by Crippen LogP contribution is 2.31. The van der Waals surface area contributed by atoms with E-state index >= 15 is 0 Å². The molecule has 4 rings (SSSR count). The lowest BCUT2D eigenvalue weighted by Gasteiger charge is -2.22. The van der Waals surface area contributed by atoms with Crippen molar-refractivity contribution in [1.29, 1.82) is 0 Å². The second-order valence-electron chi connectivity index (χ2n) is 8.28. The van der Waals surface area contributed by atoms with Gasteiger partial charge >= 0.3 is 5.97 Å². The Morgan fingerprint density at radius 1 is 1.13 bits per heavy atom. The third-order valence-corrected chi connectivity index (χ3v) is 5.65. The molecule has 2 aromatic heterocycles. The minimum absolute atomic E-state index is 0.241. The van der Waals surface area contributed by atoms with E-state index in [1.54, 1.807) is 0 Å². The maximum absolute atomic E-state index is 12.0. The lowest BCUT2D eigenvalue weighted by molar-refractivity contribution is -0.143. The van der Waals surface area contributed by atoms with Gasteiger partial charge in [0.25, 0.3) is 0 Å². The first-order chi connectivity index (χ1) is 14.5. The first kappa shape index (κ1) is 20.2. The van der Waals surface area contributed by atoms with Crippen molar-refractivity contribution in [2.75, 3.05) is 0 Å². The minimum atomic E-state index is -0.845. The monoisotopic (exact) mass is 406 g/mol. The number of hydrogen-bond acceptors (Lipinski definition) is 6. The molecular formula is C22H26N6O2. The van der Waals surface area contributed by atoms with Gasteiger partial charge in [-0.25, -0.2) is 0 Å². The molecule has 30 heavy (non-hydrogen) atoms. The summed E-state index contributed by atoms with van der Waals surface area (Å²) in [6.45, 7) is 5.85. The number of aromatic amines is 1. The van der Waals surface area contributed by atoms with Gasteiger partial charge in [0.2, 0.25) is 0 Å². The van der Waals surface area contributed by atoms with E-state index in [9.17, 15) is 9.90 Å². The van der Waals surface area contributed by atoms with E-state index in [0.29, 0.717) is 18.7 Å². The Hall–Kier alpha value is -3.13. The van der Waals surface area contributed by atoms with Crippen LogP contribution in [0.1, 0.15) is 48.8 Å². The fourth-order valence-corrected chi connectivity index (χ4v) is 4.10. The van der Waals surface area contributed by atoms with E-state index in [1.165, 1.54) is 11.1 Å². The van der Waals surface area contributed by atoms with Crippen LogP contribution >= 0.6 is 0 Å². The number of aliphatic carboxylic acids is 1. The molecule has 0 amide bonds. The minimum Gasteiger partial charge on any atom is -0.481 e. The molecule has 0 spiro atoms. The fourth-order valence-electron chi connectivity index (χ4n) is 4.10. The highest BCUT2D eigenvalue weighted by atomic mass is 16.4. The molecule has 1 aliphatic rings. The van der Waals surface area contributed by atoms with Crippen LogP contribution < -0.4 is 5.32 Å². The van der Waals surface area contributed by atoms with Crippen molar-refractivity contribution in [1.82, 2.24) is 30.9 Å². The fraction of sp³-hybridized carbons (Fsp3) is 0.409. The Labute approximate surface area is 175 Å². The van der Waals surface area contributed by atoms with Gasteiger partial charge in [0, 0.05) is 42.9 Å². The number of pyridine rings is 1. The van der Waals surface area contributed by atoms with Crippen molar-refractivity contribution < 1.29 is 9.90 Å². The number of carbonyl (C=O) groups is 1. The summed E-state index contributed by atoms with van der Waals surface area (Å²) in [5, 5.41) is 27.4. The zero-order valence-corrected chi connectivity index (χ0v) is 17.2. The molecule has 3 aromatic rings. The summed E-state index contributed by atoms with van der Waals surface area (Å²) in [7, 11) is 0. The lowest BCUT2D eigenvalue weighted by Crippen LogP contribution is -2.26. The van der Waals surface area contributed by atoms with Crippen LogP contribution in [0.5, 0.6) is 0 Å². The first-order valence-electron chi connectivity index (χ1n) is 10.2. The molecule has 0 bridgehead atoms. The number of rotatable bonds is 8. The Bertz CT molecular complexity index is 1000. The van der Waals surface area contributed by atoms with Gasteiger partial charge in [-0.3, -0.25) is 9.78 Å². The van der Waals surface area contributed by atoms with E-state index in [4.69, 9.17) is 0 Å². The maximum atomic E-state index is 12.0. The molecule has 3 N–H and O–H groups in total. The summed E-state index contributed by atoms with van der Waals surface area (Å²) in [6.07, 6.45) is 2.83. The largest absolute Gasteiger partial charge is 0.481 e. The van der Waals surface area contributed by atoms with Crippen molar-refractivity contribution in [3.63, 3.8) is 0 Å². The number of benzene rings is 1. The third kappa shape index (κ3) is 4.38. The third-order valence-electron chi connectivity index (χ3n) is 5.65. The van der Waals surface area contributed by atoms with Crippen LogP contribution in [-0.4, -0.2) is 36.7 Å². The van der Waals surface area contributed by atoms with E-state index in [0.717, 1.165) is 29.9 Å². The van der Waals surface area contributed by atoms with Gasteiger partial charge in [-0.05, 0) is 41.2 Å². The highest BCUT2D eigenvalue weighted by molar-refractivity contribution is 5.71. The molecule has 2 unspecified atom stereocenters. The van der Waals surface area contributed by atoms with Gasteiger partial charge in [-0.1, -0.05) is 37.3 Å². The Kier molecular flexibility index (Phi) is 5.85. The Morgan fingerprint density at radius 2 is 1.93 bits per heavy atom. The average Bonchev–Trinajstić information content (AvgIpc) is 3.42. The van der Waals surface area contributed by atoms with E-state index in [-0.39, 0.29) is 5.92 Å². The summed E-state index contributed by atoms with van der Waals surface area (Å²) >= 11 is 0. The molecule has 8 nitrogen and oxygen atoms in total. The quantitative estimate of drug-likeness (QED) is 0.526. The van der Waals surface area contributed by atoms with E-state index in [2.05, 4.69) is 49.1 Å². The number of carboxylic acid groups (broad SMARTS) is 1. The van der Waals surface area contributed by atoms with Gasteiger partial charge in [-0.15, -0.1) is 10.2 Å². The number of nitrogens with zero attached hydrogens (tertiary/aromatic N) is 4. The molecule has 0 radical (unpaired) electrons. The van der Waals surface area contributed by atoms with Crippen LogP contribution in [-0.2, 0) is 24.3 Å². The number of hydrogen-bond donors (Lipinski definition) is 3. The summed E-state index contributed by atoms with van der Waals surface area (Å²) in [4.78, 5) is 16.6. The molecule has 0 aliphatic carbocycles. The predicted octanol–water partition coefficient (Wildman–Crippen LogP) is 2.94. The van der Waals surface area contributed by atoms with Crippen molar-refractivity contribution in [2.24, 2.45) is 11.8 Å². The van der Waals surface area contributed by atoms with Crippen molar-refractivity contribution in [2.45, 2.75) is 45.7 Å². The standard InChI is InChI=1S/C22H26N6O2/c1-13(2)7-20(22(29)30)19(21-25-27-28-26-21)9-18-6-5-16(12-24-18)14-3-4-15-10-23-11-17(15)8-14/h3-6,8,12-13,19-20,23H,7,9-11H2,1-2H3,(H,29,30)(H,25,26,27,28). The van der Waals surface area contributed by atoms with E-state index < -0.39 is 17.8 Å². The molecule has 156 valence electrons. The van der Waals surface area contributed by atoms with Crippen LogP contribution in [0.25, 0.3) is 11.1 Å². The smallest absolute Gasteiger partial charge is 0.307 e. The molecule has 0 saturated heterocycles. The van der Waals surface area contributed by atoms with E-state index in [1.807, 2.05) is 32.2 Å². The first-order valence-corrected chi connectivity index (χ1v) is 10.2. The van der Waals surface area contributed by atoms with Gasteiger partial charge in [0.15, 0.2) is 5.82 Å². The van der Waals surface area contributed by atoms with Crippen LogP contribution in [0.2, 0.25) is 0 Å². The Morgan fingerprint density at radius 3 is 2.60 bits per heavy atom. The van der Waals surface area contributed by atoms with Crippen LogP contribution in [0.3, 0.4) is 0 Å². The molecule has 3 heterocycles. The SMILES string of the molecule is CC(C)CC(C(=O)O)C(Cc1ccc(-c2ccc3c(c2)CNC3)cn1)c1nn[nH]n1. The number of nitrogens with one attached hydrogen (secondary N) is 2. The lowest BCUT2D eigenvalue weighted by atomic mass is 9.82. The molecule has 2 atom stereocenters. The second kappa shape index (κ2) is 8.71. The van der Waals surface area contributed by atoms with Gasteiger partial charge in [0.1, 0.15) is 0 Å². The molecule has 0 fully saturated rings. The van der Waals surface area contributed by atoms with Crippen molar-refractivity contribution in [3.05, 3.63) is 59.2 Å². The molecule has 1 aromatic carbocycles. The van der Waals surface area contributed by atoms with Gasteiger partial charge < -0.3 is 10.4 Å². The van der Waals surface area contributed by atoms with Crippen molar-refractivity contribution in [3.8, 4) is 11.1 Å². The molecular weight excluding hydrogens is 380 g/mol. The number of tetrazole rings is 1. The second-order valence-corrected chi connectivity index (χ2v) is 8.28. The molecule has 8 heteroatoms. The number of aromatic nitrogens is 5. The highest BCUT2D eigenvalue weighted by Gasteiger charge is 2.33. The van der Waals surface area contributed by atoms with Crippen molar-refractivity contribution >= 4 is 5.97 Å². The summed E-state index contributed by atoms with van der Waals surface area (Å²) < 4.78 is 0. The predicted molar refractivity (Wildman–Crippen MR) is 111 cm³/mol. The van der Waals surface area contributed by atoms with Gasteiger partial charge in [-0.2, -0.15) is 5.21 Å². The average molecular weight is 406 g/mol. The maximum Gasteiger partial charge on any atom is 0.307 e. The zero-order valence-electron chi connectivity index (χ0n) is 17.2. The zero-order chi connectivity index (χ0) is 21.1. The van der Waals surface area contributed by atoms with Crippen LogP contribution in [0.4, 0.5) is 0 Å². The topological polar surface area (TPSA) is 117 Å². The number of H-pyrrole nitrogens is 1. The summed E-state index contributed by atoms with van der Waals surface area (Å²) in [6, 6.07) is 10.5.